The van der Waals surface area contributed by atoms with Crippen molar-refractivity contribution >= 4 is 29.0 Å². The molecule has 2 fully saturated rings. The molecule has 7 heteroatoms. The fourth-order valence-electron chi connectivity index (χ4n) is 7.85. The zero-order chi connectivity index (χ0) is 32.1. The van der Waals surface area contributed by atoms with Crippen LogP contribution in [0.1, 0.15) is 102 Å². The number of rotatable bonds is 8. The number of hydrogen-bond acceptors (Lipinski definition) is 5. The van der Waals surface area contributed by atoms with Crippen molar-refractivity contribution < 1.29 is 23.9 Å². The van der Waals surface area contributed by atoms with Crippen LogP contribution in [0, 0.1) is 5.92 Å². The average Bonchev–Trinajstić information content (AvgIpc) is 3.46. The molecule has 0 aliphatic carbocycles. The van der Waals surface area contributed by atoms with Gasteiger partial charge in [-0.1, -0.05) is 101 Å². The van der Waals surface area contributed by atoms with Crippen molar-refractivity contribution in [2.24, 2.45) is 5.92 Å². The molecule has 3 aromatic rings. The second kappa shape index (κ2) is 15.0. The second-order valence-electron chi connectivity index (χ2n) is 13.3. The Morgan fingerprint density at radius 2 is 1.26 bits per heavy atom. The molecule has 7 nitrogen and oxygen atoms in total. The molecule has 250 valence electrons. The number of para-hydroxylation sites is 2. The molecule has 2 spiro atoms. The quantitative estimate of drug-likeness (QED) is 0.258. The van der Waals surface area contributed by atoms with E-state index in [1.807, 2.05) is 42.5 Å². The lowest BCUT2D eigenvalue weighted by molar-refractivity contribution is -0.171. The summed E-state index contributed by atoms with van der Waals surface area (Å²) in [6.07, 6.45) is 9.72. The molecule has 7 rings (SSSR count). The maximum absolute atomic E-state index is 13.0. The summed E-state index contributed by atoms with van der Waals surface area (Å²) < 4.78 is 12.5. The lowest BCUT2D eigenvalue weighted by Crippen LogP contribution is -2.46. The number of fused-ring (bicyclic) bond motifs is 4. The summed E-state index contributed by atoms with van der Waals surface area (Å²) in [7, 11) is 0. The number of aryl methyl sites for hydroxylation is 1. The molecule has 4 aliphatic heterocycles. The first-order valence-electron chi connectivity index (χ1n) is 17.1. The molecule has 0 bridgehead atoms. The van der Waals surface area contributed by atoms with Gasteiger partial charge >= 0.3 is 0 Å². The Bertz CT molecular complexity index is 1560. The lowest BCUT2D eigenvalue weighted by atomic mass is 9.77. The van der Waals surface area contributed by atoms with Gasteiger partial charge in [-0.25, -0.2) is 0 Å². The number of amides is 2. The fraction of sp³-hybridized carbons (Fsp3) is 0.475. The zero-order valence-electron chi connectivity index (χ0n) is 27.1. The predicted octanol–water partition coefficient (Wildman–Crippen LogP) is 8.47. The van der Waals surface area contributed by atoms with Gasteiger partial charge in [0.2, 0.25) is 0 Å². The van der Waals surface area contributed by atoms with Gasteiger partial charge in [-0.2, -0.15) is 0 Å². The molecule has 0 aromatic heterocycles. The first-order valence-corrected chi connectivity index (χ1v) is 17.1. The van der Waals surface area contributed by atoms with Crippen molar-refractivity contribution in [1.82, 2.24) is 0 Å². The normalized spacial score (nSPS) is 27.3. The van der Waals surface area contributed by atoms with Crippen molar-refractivity contribution in [2.45, 2.75) is 115 Å². The van der Waals surface area contributed by atoms with Gasteiger partial charge in [0.05, 0.1) is 12.2 Å². The summed E-state index contributed by atoms with van der Waals surface area (Å²) >= 11 is 0. The number of Topliss-reactive ketones (excluding diaryl/α,β-unsaturated/α-hetero) is 1. The Morgan fingerprint density at radius 3 is 1.91 bits per heavy atom. The number of ether oxygens (including phenoxy) is 2. The number of anilines is 2. The van der Waals surface area contributed by atoms with Gasteiger partial charge in [-0.05, 0) is 68.6 Å². The summed E-state index contributed by atoms with van der Waals surface area (Å²) in [6, 6.07) is 26.2. The highest BCUT2D eigenvalue weighted by Gasteiger charge is 2.54. The van der Waals surface area contributed by atoms with E-state index < -0.39 is 11.2 Å². The Kier molecular flexibility index (Phi) is 11.0. The maximum atomic E-state index is 13.0. The Morgan fingerprint density at radius 1 is 0.702 bits per heavy atom. The molecule has 5 atom stereocenters. The standard InChI is InChI=1S/C24H29NO2.C15H17NO3.CH4/c1-2-9-20-16-19(13-8-12-18-10-4-3-5-11-18)17-24(27-20)21-14-6-7-15-22(21)25-23(24)26;1-2-5-11-8-10(17)9-15(19-11)12-6-3-4-7-13(12)16-14(15)18;/h3-7,10-11,14-15,19-20H,2,8-9,12-13,16-17H2,1H3,(H,25,26);3-4,6-7,11H,2,5,8-9H2,1H3,(H,16,18);1H4/t19-,20-,24+;11-,15+;/m11./s1. The highest BCUT2D eigenvalue weighted by atomic mass is 16.5. The third kappa shape index (κ3) is 7.07. The van der Waals surface area contributed by atoms with E-state index in [0.717, 1.165) is 80.3 Å². The van der Waals surface area contributed by atoms with Crippen molar-refractivity contribution in [3.63, 3.8) is 0 Å². The monoisotopic (exact) mass is 638 g/mol. The molecule has 47 heavy (non-hydrogen) atoms. The van der Waals surface area contributed by atoms with Crippen LogP contribution in [-0.2, 0) is 41.5 Å². The molecule has 2 N–H and O–H groups in total. The van der Waals surface area contributed by atoms with Gasteiger partial charge < -0.3 is 20.1 Å². The van der Waals surface area contributed by atoms with E-state index in [1.165, 1.54) is 5.56 Å². The average molecular weight is 639 g/mol. The molecule has 0 radical (unpaired) electrons. The molecule has 3 aromatic carbocycles. The van der Waals surface area contributed by atoms with Gasteiger partial charge in [0.1, 0.15) is 5.78 Å². The van der Waals surface area contributed by atoms with Crippen LogP contribution in [0.3, 0.4) is 0 Å². The highest BCUT2D eigenvalue weighted by molar-refractivity contribution is 6.08. The SMILES string of the molecule is C.CCC[C@@H]1CC(=O)C[C@@]2(O1)C(=O)Nc1ccccc12.CCC[C@@H]1C[C@@H](CCCc2ccccc2)C[C@@]2(O1)C(=O)Nc1ccccc12. The second-order valence-corrected chi connectivity index (χ2v) is 13.3. The lowest BCUT2D eigenvalue weighted by Gasteiger charge is -2.41. The zero-order valence-corrected chi connectivity index (χ0v) is 27.1. The predicted molar refractivity (Wildman–Crippen MR) is 186 cm³/mol. The number of benzene rings is 3. The van der Waals surface area contributed by atoms with Crippen LogP contribution in [0.15, 0.2) is 78.9 Å². The number of carbonyl (C=O) groups is 3. The Hall–Kier alpha value is -3.81. The van der Waals surface area contributed by atoms with Crippen molar-refractivity contribution in [1.29, 1.82) is 0 Å². The van der Waals surface area contributed by atoms with Crippen LogP contribution in [-0.4, -0.2) is 29.8 Å². The third-order valence-corrected chi connectivity index (χ3v) is 9.91. The van der Waals surface area contributed by atoms with E-state index in [2.05, 4.69) is 60.9 Å². The van der Waals surface area contributed by atoms with Gasteiger partial charge in [0.15, 0.2) is 11.2 Å². The highest BCUT2D eigenvalue weighted by Crippen LogP contribution is 2.49. The van der Waals surface area contributed by atoms with E-state index in [1.54, 1.807) is 0 Å². The van der Waals surface area contributed by atoms with Crippen LogP contribution in [0.25, 0.3) is 0 Å². The molecule has 0 unspecified atom stereocenters. The van der Waals surface area contributed by atoms with E-state index >= 15 is 0 Å². The number of ketones is 1. The van der Waals surface area contributed by atoms with Crippen LogP contribution in [0.4, 0.5) is 11.4 Å². The Balaban J connectivity index is 0.000000191. The fourth-order valence-corrected chi connectivity index (χ4v) is 7.85. The number of nitrogens with one attached hydrogen (secondary N) is 2. The molecule has 0 saturated carbocycles. The van der Waals surface area contributed by atoms with Crippen molar-refractivity contribution in [3.8, 4) is 0 Å². The topological polar surface area (TPSA) is 93.7 Å². The number of hydrogen-bond donors (Lipinski definition) is 2. The summed E-state index contributed by atoms with van der Waals surface area (Å²) in [6.45, 7) is 4.25. The van der Waals surface area contributed by atoms with E-state index in [0.29, 0.717) is 12.3 Å². The van der Waals surface area contributed by atoms with Gasteiger partial charge in [-0.15, -0.1) is 0 Å². The van der Waals surface area contributed by atoms with E-state index in [9.17, 15) is 14.4 Å². The third-order valence-electron chi connectivity index (χ3n) is 9.91. The summed E-state index contributed by atoms with van der Waals surface area (Å²) in [5.41, 5.74) is 3.03. The van der Waals surface area contributed by atoms with Crippen molar-refractivity contribution in [2.75, 3.05) is 10.6 Å². The largest absolute Gasteiger partial charge is 0.357 e. The first kappa shape index (κ1) is 34.5. The summed E-state index contributed by atoms with van der Waals surface area (Å²) in [5.74, 6) is 0.452. The minimum atomic E-state index is -1.09. The van der Waals surface area contributed by atoms with Crippen LogP contribution >= 0.6 is 0 Å². The smallest absolute Gasteiger partial charge is 0.261 e. The molecule has 4 heterocycles. The van der Waals surface area contributed by atoms with Gasteiger partial charge in [-0.3, -0.25) is 14.4 Å². The molecular weight excluding hydrogens is 588 g/mol. The van der Waals surface area contributed by atoms with Gasteiger partial charge in [0.25, 0.3) is 11.8 Å². The molecule has 2 amide bonds. The minimum Gasteiger partial charge on any atom is -0.357 e. The molecule has 4 aliphatic rings. The molecular formula is C40H50N2O5. The summed E-state index contributed by atoms with van der Waals surface area (Å²) in [5, 5.41) is 5.88. The number of carbonyl (C=O) groups excluding carboxylic acids is 3. The van der Waals surface area contributed by atoms with Crippen LogP contribution in [0.2, 0.25) is 0 Å². The molecule has 2 saturated heterocycles. The van der Waals surface area contributed by atoms with Crippen LogP contribution in [0.5, 0.6) is 0 Å². The van der Waals surface area contributed by atoms with Gasteiger partial charge in [0, 0.05) is 35.3 Å². The van der Waals surface area contributed by atoms with Crippen LogP contribution < -0.4 is 10.6 Å². The summed E-state index contributed by atoms with van der Waals surface area (Å²) in [4.78, 5) is 37.3. The van der Waals surface area contributed by atoms with E-state index in [4.69, 9.17) is 9.47 Å². The van der Waals surface area contributed by atoms with Crippen molar-refractivity contribution in [3.05, 3.63) is 95.6 Å². The van der Waals surface area contributed by atoms with E-state index in [-0.39, 0.29) is 43.7 Å². The minimum absolute atomic E-state index is 0. The first-order chi connectivity index (χ1) is 22.4. The maximum Gasteiger partial charge on any atom is 0.261 e. The Labute approximate surface area is 279 Å².